The van der Waals surface area contributed by atoms with Crippen LogP contribution in [0.4, 0.5) is 0 Å². The van der Waals surface area contributed by atoms with Crippen LogP contribution in [0.25, 0.3) is 33.9 Å². The van der Waals surface area contributed by atoms with Gasteiger partial charge in [0, 0.05) is 44.5 Å². The summed E-state index contributed by atoms with van der Waals surface area (Å²) in [5.74, 6) is 0. The second-order valence-corrected chi connectivity index (χ2v) is 28.7. The van der Waals surface area contributed by atoms with Gasteiger partial charge >= 0.3 is 33.0 Å². The van der Waals surface area contributed by atoms with E-state index >= 15 is 0 Å². The van der Waals surface area contributed by atoms with Crippen LogP contribution in [0.3, 0.4) is 0 Å². The Morgan fingerprint density at radius 2 is 0.465 bits per heavy atom. The average molecular weight is 1470 g/mol. The third-order valence-corrected chi connectivity index (χ3v) is 20.2. The van der Waals surface area contributed by atoms with Crippen LogP contribution in [0.5, 0.6) is 0 Å². The number of nitrogens with zero attached hydrogens (tertiary/aromatic N) is 4. The third kappa shape index (κ3) is 29.7. The predicted octanol–water partition coefficient (Wildman–Crippen LogP) is 30.7. The van der Waals surface area contributed by atoms with E-state index in [1.165, 1.54) is 229 Å². The molecule has 4 aromatic carbocycles. The van der Waals surface area contributed by atoms with Crippen molar-refractivity contribution in [1.29, 1.82) is 0 Å². The molecular weight excluding hydrogens is 1310 g/mol. The SMILES string of the molecule is CCCCCC1=C(c2cc(CCC)c(CCCC)c(CCC)c2)[N+](=[N-])C(c2cc(CCC)c(CCCC)c(CCC)c2)=C1CC.CCCCCCC1=C(c2cc(CCCC)c(C)c(CCCC)c2)[N+](=[N-])C(c2cc(CCCC)c(C)c(CCCC)c2)=C1CCCC.[CH2-]CC.[CH2-]CC.[CH3-].[CH3-].[Ni+2].[Ni+2]. The molecule has 0 fully saturated rings. The molecule has 0 saturated heterocycles. The quantitative estimate of drug-likeness (QED) is 0.0184. The molecule has 4 nitrogen and oxygen atoms in total. The molecule has 0 bridgehead atoms. The zero-order valence-electron chi connectivity index (χ0n) is 69.4. The molecule has 0 N–H and O–H groups in total. The minimum atomic E-state index is 0. The van der Waals surface area contributed by atoms with Gasteiger partial charge in [0.15, 0.2) is 0 Å². The van der Waals surface area contributed by atoms with Gasteiger partial charge in [0.25, 0.3) is 0 Å². The molecule has 6 heteroatoms. The van der Waals surface area contributed by atoms with Crippen LogP contribution in [-0.2, 0) is 97.2 Å². The van der Waals surface area contributed by atoms with Gasteiger partial charge in [-0.25, -0.2) is 9.39 Å². The van der Waals surface area contributed by atoms with Crippen molar-refractivity contribution in [2.24, 2.45) is 0 Å². The number of allylic oxidation sites excluding steroid dienone is 4. The van der Waals surface area contributed by atoms with Gasteiger partial charge in [-0.15, -0.1) is 0 Å². The van der Waals surface area contributed by atoms with Gasteiger partial charge in [0.05, 0.1) is 0 Å². The van der Waals surface area contributed by atoms with Crippen LogP contribution in [0, 0.1) is 42.5 Å². The van der Waals surface area contributed by atoms with E-state index in [0.717, 1.165) is 158 Å². The van der Waals surface area contributed by atoms with Crippen molar-refractivity contribution in [3.63, 3.8) is 0 Å². The number of rotatable bonds is 43. The van der Waals surface area contributed by atoms with Crippen molar-refractivity contribution in [2.75, 3.05) is 0 Å². The molecule has 0 atom stereocenters. The zero-order chi connectivity index (χ0) is 71.7. The molecule has 2 aliphatic rings. The van der Waals surface area contributed by atoms with E-state index in [2.05, 4.69) is 173 Å². The van der Waals surface area contributed by atoms with Gasteiger partial charge in [-0.3, -0.25) is 0 Å². The molecule has 6 rings (SSSR count). The van der Waals surface area contributed by atoms with Crippen molar-refractivity contribution < 1.29 is 42.4 Å². The van der Waals surface area contributed by atoms with E-state index in [-0.39, 0.29) is 47.8 Å². The summed E-state index contributed by atoms with van der Waals surface area (Å²) in [6, 6.07) is 19.6. The minimum absolute atomic E-state index is 0. The summed E-state index contributed by atoms with van der Waals surface area (Å²) < 4.78 is 3.30. The van der Waals surface area contributed by atoms with Gasteiger partial charge in [-0.05, 0) is 277 Å². The summed E-state index contributed by atoms with van der Waals surface area (Å²) in [7, 11) is 0. The maximum absolute atomic E-state index is 12.5. The van der Waals surface area contributed by atoms with E-state index in [1.807, 2.05) is 13.8 Å². The number of benzene rings is 4. The molecule has 101 heavy (non-hydrogen) atoms. The first-order chi connectivity index (χ1) is 47.1. The van der Waals surface area contributed by atoms with Gasteiger partial charge < -0.3 is 39.8 Å². The first kappa shape index (κ1) is 99.1. The second-order valence-electron chi connectivity index (χ2n) is 28.7. The number of hydrogen-bond acceptors (Lipinski definition) is 0. The zero-order valence-corrected chi connectivity index (χ0v) is 71.4. The van der Waals surface area contributed by atoms with E-state index in [0.29, 0.717) is 0 Å². The van der Waals surface area contributed by atoms with Crippen molar-refractivity contribution in [1.82, 2.24) is 0 Å². The fourth-order valence-corrected chi connectivity index (χ4v) is 15.0. The standard InChI is InChI=1S/C44H68N2.C43H66N2.2C3H7.2CH3.2Ni/c1-9-15-21-22-28-42-41(27-20-14-6)43(39-29-35(23-16-10-2)33(7)36(30-39)24-17-11-3)46(45)44(42)40-31-37(25-18-12-4)34(8)38(32-40)26-19-13-5;1-9-17-20-27-41-38(16-8)42(36-28-32(21-12-4)39(25-18-10-2)33(29-36)22-13-5)45(44)43(41)37-30-34(23-14-6)40(26-19-11-3)35(31-37)24-15-7;2*1-3-2;;;;/h29-32H,9-28H2,1-8H3;28-31H,9-27H2,1-8H3;2*1,3H2,2H3;2*1H3;;/q;;4*-1;2*+2. The molecule has 0 aliphatic carbocycles. The fraction of sp³-hybridized carbons (Fsp3) is 0.621. The van der Waals surface area contributed by atoms with Crippen LogP contribution < -0.4 is 0 Å². The van der Waals surface area contributed by atoms with E-state index < -0.39 is 0 Å². The minimum Gasteiger partial charge on any atom is -0.493 e. The third-order valence-electron chi connectivity index (χ3n) is 20.2. The average Bonchev–Trinajstić information content (AvgIpc) is 1.63. The summed E-state index contributed by atoms with van der Waals surface area (Å²) in [4.78, 5) is 0. The Bertz CT molecular complexity index is 3010. The summed E-state index contributed by atoms with van der Waals surface area (Å²) in [6.07, 6.45) is 47.2. The van der Waals surface area contributed by atoms with Crippen LogP contribution in [0.15, 0.2) is 70.8 Å². The molecule has 0 aromatic heterocycles. The van der Waals surface area contributed by atoms with Crippen LogP contribution in [-0.4, -0.2) is 9.39 Å². The van der Waals surface area contributed by atoms with Gasteiger partial charge in [-0.2, -0.15) is 12.8 Å². The molecule has 574 valence electrons. The summed E-state index contributed by atoms with van der Waals surface area (Å²) in [5, 5.41) is 0. The Morgan fingerprint density at radius 1 is 0.257 bits per heavy atom. The first-order valence-electron chi connectivity index (χ1n) is 41.2. The largest absolute Gasteiger partial charge is 2.00 e. The van der Waals surface area contributed by atoms with Crippen LogP contribution >= 0.6 is 0 Å². The van der Waals surface area contributed by atoms with E-state index in [9.17, 15) is 11.1 Å². The van der Waals surface area contributed by atoms with Gasteiger partial charge in [0.2, 0.25) is 22.8 Å². The Kier molecular flexibility index (Phi) is 56.2. The van der Waals surface area contributed by atoms with Gasteiger partial charge in [0.1, 0.15) is 0 Å². The van der Waals surface area contributed by atoms with Crippen molar-refractivity contribution >= 4 is 22.8 Å². The number of aryl methyl sites for hydroxylation is 8. The molecule has 0 unspecified atom stereocenters. The topological polar surface area (TPSA) is 50.6 Å². The molecule has 0 spiro atoms. The van der Waals surface area contributed by atoms with Crippen molar-refractivity contribution in [2.45, 2.75) is 388 Å². The monoisotopic (exact) mass is 1470 g/mol. The summed E-state index contributed by atoms with van der Waals surface area (Å²) in [6.45, 7) is 47.8. The maximum Gasteiger partial charge on any atom is 2.00 e. The van der Waals surface area contributed by atoms with Gasteiger partial charge in [-0.1, -0.05) is 214 Å². The molecule has 0 amide bonds. The van der Waals surface area contributed by atoms with Crippen LogP contribution in [0.1, 0.15) is 399 Å². The van der Waals surface area contributed by atoms with Crippen molar-refractivity contribution in [3.8, 4) is 0 Å². The first-order valence-corrected chi connectivity index (χ1v) is 41.2. The molecular formula is C95H154N4Ni2. The fourth-order valence-electron chi connectivity index (χ4n) is 15.0. The Labute approximate surface area is 648 Å². The molecule has 0 radical (unpaired) electrons. The van der Waals surface area contributed by atoms with Crippen molar-refractivity contribution in [3.05, 3.63) is 200 Å². The molecule has 2 aliphatic heterocycles. The number of unbranched alkanes of at least 4 members (excludes halogenated alkanes) is 12. The molecule has 0 saturated carbocycles. The second kappa shape index (κ2) is 57.3. The Hall–Kier alpha value is -3.97. The molecule has 4 aromatic rings. The van der Waals surface area contributed by atoms with E-state index in [4.69, 9.17) is 0 Å². The summed E-state index contributed by atoms with van der Waals surface area (Å²) in [5.41, 5.74) is 57.6. The maximum atomic E-state index is 12.5. The molecule has 2 heterocycles. The predicted molar refractivity (Wildman–Crippen MR) is 445 cm³/mol. The van der Waals surface area contributed by atoms with Crippen LogP contribution in [0.2, 0.25) is 0 Å². The Balaban J connectivity index is 0. The summed E-state index contributed by atoms with van der Waals surface area (Å²) >= 11 is 0. The smallest absolute Gasteiger partial charge is 0.493 e. The Morgan fingerprint density at radius 3 is 0.723 bits per heavy atom. The normalized spacial score (nSPS) is 12.6. The van der Waals surface area contributed by atoms with E-state index in [1.54, 1.807) is 20.5 Å². The number of hydrogen-bond donors (Lipinski definition) is 0.